The number of thioether (sulfide) groups is 1. The number of thiophene rings is 1. The van der Waals surface area contributed by atoms with E-state index in [2.05, 4.69) is 4.98 Å². The number of carbonyl (C=O) groups is 2. The third-order valence-corrected chi connectivity index (χ3v) is 8.74. The van der Waals surface area contributed by atoms with Crippen LogP contribution in [0.4, 0.5) is 0 Å². The van der Waals surface area contributed by atoms with Crippen LogP contribution in [0.2, 0.25) is 0 Å². The fourth-order valence-electron chi connectivity index (χ4n) is 4.09. The molecule has 33 heavy (non-hydrogen) atoms. The number of β-lactam (4-membered cyclic amide) rings is 1. The number of methoxy groups -OCH3 is 1. The maximum absolute atomic E-state index is 13.6. The molecule has 0 radical (unpaired) electrons. The lowest BCUT2D eigenvalue weighted by atomic mass is 9.85. The molecule has 2 fully saturated rings. The number of hydrogen-bond acceptors (Lipinski definition) is 9. The van der Waals surface area contributed by atoms with Crippen LogP contribution in [-0.2, 0) is 32.8 Å². The summed E-state index contributed by atoms with van der Waals surface area (Å²) in [7, 11) is 1.60. The van der Waals surface area contributed by atoms with Crippen LogP contribution in [0.15, 0.2) is 52.6 Å². The van der Waals surface area contributed by atoms with Crippen molar-refractivity contribution in [1.29, 1.82) is 0 Å². The lowest BCUT2D eigenvalue weighted by Crippen LogP contribution is -2.72. The maximum atomic E-state index is 13.6. The van der Waals surface area contributed by atoms with E-state index in [1.807, 2.05) is 35.7 Å². The molecule has 1 unspecified atom stereocenters. The van der Waals surface area contributed by atoms with Crippen LogP contribution >= 0.6 is 23.1 Å². The van der Waals surface area contributed by atoms with Gasteiger partial charge in [-0.25, -0.2) is 4.98 Å². The highest BCUT2D eigenvalue weighted by molar-refractivity contribution is 8.00. The monoisotopic (exact) mass is 485 g/mol. The van der Waals surface area contributed by atoms with E-state index in [1.54, 1.807) is 18.2 Å². The van der Waals surface area contributed by atoms with Crippen LogP contribution < -0.4 is 10.5 Å². The summed E-state index contributed by atoms with van der Waals surface area (Å²) in [6.45, 7) is 0.401. The number of esters is 1. The Hall–Kier alpha value is -2.82. The molecule has 8 nitrogen and oxygen atoms in total. The van der Waals surface area contributed by atoms with Gasteiger partial charge in [0.1, 0.15) is 35.5 Å². The Bertz CT molecular complexity index is 1150. The number of aromatic nitrogens is 1. The Morgan fingerprint density at radius 2 is 2.15 bits per heavy atom. The van der Waals surface area contributed by atoms with Gasteiger partial charge < -0.3 is 24.5 Å². The van der Waals surface area contributed by atoms with Gasteiger partial charge in [0.15, 0.2) is 5.89 Å². The quantitative estimate of drug-likeness (QED) is 0.402. The second kappa shape index (κ2) is 8.85. The summed E-state index contributed by atoms with van der Waals surface area (Å²) in [6, 6.07) is 8.87. The van der Waals surface area contributed by atoms with E-state index < -0.39 is 11.5 Å². The van der Waals surface area contributed by atoms with Crippen LogP contribution in [-0.4, -0.2) is 52.6 Å². The SMILES string of the molecule is COc1ccc(COC(=O)C2(c3cc(Cc4ncco4)cs3)CS[C@@H]3[C@H](N)C(=O)N3C2)cc1. The van der Waals surface area contributed by atoms with Gasteiger partial charge in [-0.05, 0) is 34.7 Å². The van der Waals surface area contributed by atoms with E-state index in [9.17, 15) is 9.59 Å². The van der Waals surface area contributed by atoms with Crippen molar-refractivity contribution in [2.45, 2.75) is 29.9 Å². The summed E-state index contributed by atoms with van der Waals surface area (Å²) in [5.74, 6) is 1.37. The molecule has 3 atom stereocenters. The highest BCUT2D eigenvalue weighted by atomic mass is 32.2. The zero-order chi connectivity index (χ0) is 23.0. The predicted molar refractivity (Wildman–Crippen MR) is 124 cm³/mol. The number of nitrogens with zero attached hydrogens (tertiary/aromatic N) is 2. The van der Waals surface area contributed by atoms with Gasteiger partial charge in [-0.2, -0.15) is 0 Å². The zero-order valence-electron chi connectivity index (χ0n) is 17.9. The van der Waals surface area contributed by atoms with Gasteiger partial charge in [-0.3, -0.25) is 9.59 Å². The van der Waals surface area contributed by atoms with Crippen molar-refractivity contribution in [2.24, 2.45) is 5.73 Å². The Morgan fingerprint density at radius 3 is 2.88 bits per heavy atom. The van der Waals surface area contributed by atoms with Gasteiger partial charge in [-0.15, -0.1) is 23.1 Å². The standard InChI is InChI=1S/C23H23N3O5S2/c1-29-16-4-2-14(3-5-16)10-31-22(28)23(12-26-20(27)19(24)21(26)33-13-23)17-8-15(11-32-17)9-18-25-6-7-30-18/h2-8,11,19,21H,9-10,12-13,24H2,1H3/t19-,21-,23?/m1/s1. The third-order valence-electron chi connectivity index (χ3n) is 6.01. The van der Waals surface area contributed by atoms with Crippen molar-refractivity contribution in [3.63, 3.8) is 0 Å². The van der Waals surface area contributed by atoms with Gasteiger partial charge in [-0.1, -0.05) is 12.1 Å². The summed E-state index contributed by atoms with van der Waals surface area (Å²) < 4.78 is 16.3. The summed E-state index contributed by atoms with van der Waals surface area (Å²) >= 11 is 3.03. The van der Waals surface area contributed by atoms with E-state index in [0.29, 0.717) is 18.1 Å². The second-order valence-corrected chi connectivity index (χ2v) is 10.1. The predicted octanol–water partition coefficient (Wildman–Crippen LogP) is 2.56. The van der Waals surface area contributed by atoms with Crippen LogP contribution in [0.5, 0.6) is 5.75 Å². The molecule has 1 amide bonds. The Kier molecular flexibility index (Phi) is 5.90. The average Bonchev–Trinajstić information content (AvgIpc) is 3.54. The molecule has 2 saturated heterocycles. The molecule has 5 rings (SSSR count). The van der Waals surface area contributed by atoms with E-state index in [1.165, 1.54) is 29.4 Å². The molecule has 0 spiro atoms. The van der Waals surface area contributed by atoms with Gasteiger partial charge in [0.25, 0.3) is 0 Å². The number of carbonyl (C=O) groups excluding carboxylic acids is 2. The summed E-state index contributed by atoms with van der Waals surface area (Å²) in [6.07, 6.45) is 3.68. The van der Waals surface area contributed by atoms with E-state index in [4.69, 9.17) is 19.6 Å². The molecule has 2 aliphatic rings. The van der Waals surface area contributed by atoms with E-state index >= 15 is 0 Å². The highest BCUT2D eigenvalue weighted by Crippen LogP contribution is 2.45. The molecule has 1 aromatic carbocycles. The molecule has 4 heterocycles. The summed E-state index contributed by atoms with van der Waals surface area (Å²) in [5, 5.41) is 1.91. The van der Waals surface area contributed by atoms with Crippen LogP contribution in [0, 0.1) is 0 Å². The van der Waals surface area contributed by atoms with Gasteiger partial charge in [0, 0.05) is 17.2 Å². The first-order valence-corrected chi connectivity index (χ1v) is 12.4. The van der Waals surface area contributed by atoms with Crippen molar-refractivity contribution in [3.05, 3.63) is 70.1 Å². The number of rotatable bonds is 7. The lowest BCUT2D eigenvalue weighted by Gasteiger charge is -2.52. The fraction of sp³-hybridized carbons (Fsp3) is 0.348. The summed E-state index contributed by atoms with van der Waals surface area (Å²) in [4.78, 5) is 32.7. The third kappa shape index (κ3) is 4.03. The summed E-state index contributed by atoms with van der Waals surface area (Å²) in [5.41, 5.74) is 6.87. The van der Waals surface area contributed by atoms with Crippen molar-refractivity contribution in [3.8, 4) is 5.75 Å². The molecule has 3 aromatic rings. The fourth-order valence-corrected chi connectivity index (χ4v) is 6.78. The number of nitrogens with two attached hydrogens (primary N) is 1. The van der Waals surface area contributed by atoms with Crippen molar-refractivity contribution >= 4 is 35.0 Å². The molecule has 0 aliphatic carbocycles. The number of amides is 1. The first-order valence-electron chi connectivity index (χ1n) is 10.4. The maximum Gasteiger partial charge on any atom is 0.320 e. The first kappa shape index (κ1) is 22.0. The van der Waals surface area contributed by atoms with Crippen molar-refractivity contribution < 1.29 is 23.5 Å². The van der Waals surface area contributed by atoms with E-state index in [-0.39, 0.29) is 30.4 Å². The molecule has 0 bridgehead atoms. The minimum atomic E-state index is -0.955. The minimum absolute atomic E-state index is 0.0910. The smallest absolute Gasteiger partial charge is 0.320 e. The first-order chi connectivity index (χ1) is 16.0. The van der Waals surface area contributed by atoms with Gasteiger partial charge in [0.05, 0.1) is 19.7 Å². The second-order valence-electron chi connectivity index (χ2n) is 8.12. The van der Waals surface area contributed by atoms with Crippen LogP contribution in [0.1, 0.15) is 21.9 Å². The Balaban J connectivity index is 1.38. The van der Waals surface area contributed by atoms with Crippen LogP contribution in [0.3, 0.4) is 0 Å². The minimum Gasteiger partial charge on any atom is -0.497 e. The number of oxazole rings is 1. The molecule has 2 aromatic heterocycles. The molecule has 2 aliphatic heterocycles. The topological polar surface area (TPSA) is 108 Å². The normalized spacial score (nSPS) is 24.2. The molecule has 10 heteroatoms. The Labute approximate surface area is 199 Å². The molecular weight excluding hydrogens is 462 g/mol. The number of hydrogen-bond donors (Lipinski definition) is 1. The van der Waals surface area contributed by atoms with Gasteiger partial charge in [0.2, 0.25) is 5.91 Å². The molecule has 172 valence electrons. The average molecular weight is 486 g/mol. The lowest BCUT2D eigenvalue weighted by molar-refractivity contribution is -0.156. The van der Waals surface area contributed by atoms with E-state index in [0.717, 1.165) is 21.8 Å². The number of ether oxygens (including phenoxy) is 2. The highest BCUT2D eigenvalue weighted by Gasteiger charge is 2.57. The number of benzene rings is 1. The molecular formula is C23H23N3O5S2. The van der Waals surface area contributed by atoms with Crippen molar-refractivity contribution in [1.82, 2.24) is 9.88 Å². The zero-order valence-corrected chi connectivity index (χ0v) is 19.6. The number of fused-ring (bicyclic) bond motifs is 1. The Morgan fingerprint density at radius 1 is 1.33 bits per heavy atom. The largest absolute Gasteiger partial charge is 0.497 e. The van der Waals surface area contributed by atoms with Crippen molar-refractivity contribution in [2.75, 3.05) is 19.4 Å². The molecule has 2 N–H and O–H groups in total. The van der Waals surface area contributed by atoms with Gasteiger partial charge >= 0.3 is 5.97 Å². The van der Waals surface area contributed by atoms with Crippen LogP contribution in [0.25, 0.3) is 0 Å². The molecule has 0 saturated carbocycles.